The smallest absolute Gasteiger partial charge is 0.328 e. The van der Waals surface area contributed by atoms with Crippen molar-refractivity contribution >= 4 is 24.2 Å². The molecule has 1 aliphatic heterocycles. The van der Waals surface area contributed by atoms with E-state index in [1.165, 1.54) is 12.1 Å². The van der Waals surface area contributed by atoms with Crippen molar-refractivity contribution in [2.24, 2.45) is 5.73 Å². The molecule has 2 rings (SSSR count). The third-order valence-electron chi connectivity index (χ3n) is 3.20. The first-order valence-corrected chi connectivity index (χ1v) is 7.07. The summed E-state index contributed by atoms with van der Waals surface area (Å²) in [5.41, 5.74) is 2.66. The summed E-state index contributed by atoms with van der Waals surface area (Å²) < 4.78 is 36.6. The molecule has 1 aliphatic rings. The SMILES string of the molecule is Cl.NC1CCN(Cc2ccc(SC(F)(F)F)cc2)CC1. The fourth-order valence-electron chi connectivity index (χ4n) is 2.17. The zero-order valence-electron chi connectivity index (χ0n) is 10.9. The molecule has 0 atom stereocenters. The first-order chi connectivity index (χ1) is 8.92. The van der Waals surface area contributed by atoms with Crippen molar-refractivity contribution in [1.82, 2.24) is 4.90 Å². The van der Waals surface area contributed by atoms with Gasteiger partial charge in [0.1, 0.15) is 0 Å². The van der Waals surface area contributed by atoms with Crippen molar-refractivity contribution in [2.45, 2.75) is 35.8 Å². The third-order valence-corrected chi connectivity index (χ3v) is 3.93. The lowest BCUT2D eigenvalue weighted by molar-refractivity contribution is -0.0328. The minimum atomic E-state index is -4.22. The van der Waals surface area contributed by atoms with Gasteiger partial charge in [-0.05, 0) is 55.4 Å². The highest BCUT2D eigenvalue weighted by Gasteiger charge is 2.29. The predicted octanol–water partition coefficient (Wildman–Crippen LogP) is 3.64. The molecular formula is C13H18ClF3N2S. The van der Waals surface area contributed by atoms with E-state index in [1.54, 1.807) is 12.1 Å². The molecule has 1 heterocycles. The number of nitrogens with two attached hydrogens (primary N) is 1. The number of likely N-dealkylation sites (tertiary alicyclic amines) is 1. The van der Waals surface area contributed by atoms with Gasteiger partial charge in [-0.3, -0.25) is 4.90 Å². The second-order valence-electron chi connectivity index (χ2n) is 4.81. The summed E-state index contributed by atoms with van der Waals surface area (Å²) in [6, 6.07) is 6.89. The molecule has 1 saturated heterocycles. The Morgan fingerprint density at radius 3 is 2.20 bits per heavy atom. The Labute approximate surface area is 127 Å². The van der Waals surface area contributed by atoms with E-state index in [1.807, 2.05) is 0 Å². The lowest BCUT2D eigenvalue weighted by atomic mass is 10.1. The Kier molecular flexibility index (Phi) is 6.64. The van der Waals surface area contributed by atoms with E-state index in [4.69, 9.17) is 5.73 Å². The number of alkyl halides is 3. The van der Waals surface area contributed by atoms with Gasteiger partial charge in [0, 0.05) is 17.5 Å². The highest BCUT2D eigenvalue weighted by atomic mass is 35.5. The summed E-state index contributed by atoms with van der Waals surface area (Å²) in [5, 5.41) is 0. The fourth-order valence-corrected chi connectivity index (χ4v) is 2.71. The van der Waals surface area contributed by atoms with Crippen LogP contribution < -0.4 is 5.73 Å². The summed E-state index contributed by atoms with van der Waals surface area (Å²) in [4.78, 5) is 2.52. The fraction of sp³-hybridized carbons (Fsp3) is 0.538. The molecule has 0 aromatic heterocycles. The molecule has 0 saturated carbocycles. The Bertz CT molecular complexity index is 403. The molecular weight excluding hydrogens is 309 g/mol. The van der Waals surface area contributed by atoms with Gasteiger partial charge in [-0.1, -0.05) is 12.1 Å². The van der Waals surface area contributed by atoms with E-state index < -0.39 is 5.51 Å². The van der Waals surface area contributed by atoms with Gasteiger partial charge in [0.05, 0.1) is 0 Å². The van der Waals surface area contributed by atoms with E-state index in [2.05, 4.69) is 4.90 Å². The monoisotopic (exact) mass is 326 g/mol. The Balaban J connectivity index is 0.00000200. The number of hydrogen-bond donors (Lipinski definition) is 1. The van der Waals surface area contributed by atoms with Crippen LogP contribution in [0.2, 0.25) is 0 Å². The van der Waals surface area contributed by atoms with Crippen molar-refractivity contribution in [3.05, 3.63) is 29.8 Å². The van der Waals surface area contributed by atoms with Crippen molar-refractivity contribution in [3.63, 3.8) is 0 Å². The van der Waals surface area contributed by atoms with Gasteiger partial charge in [-0.15, -0.1) is 12.4 Å². The maximum atomic E-state index is 12.2. The summed E-state index contributed by atoms with van der Waals surface area (Å²) in [6.45, 7) is 2.70. The molecule has 114 valence electrons. The highest BCUT2D eigenvalue weighted by molar-refractivity contribution is 8.00. The van der Waals surface area contributed by atoms with Crippen LogP contribution in [0.3, 0.4) is 0 Å². The lowest BCUT2D eigenvalue weighted by Gasteiger charge is -2.30. The molecule has 0 amide bonds. The molecule has 1 aromatic rings. The lowest BCUT2D eigenvalue weighted by Crippen LogP contribution is -2.39. The van der Waals surface area contributed by atoms with Gasteiger partial charge in [0.2, 0.25) is 0 Å². The third kappa shape index (κ3) is 5.91. The summed E-state index contributed by atoms with van der Waals surface area (Å²) in [6.07, 6.45) is 1.98. The van der Waals surface area contributed by atoms with E-state index in [-0.39, 0.29) is 29.1 Å². The first kappa shape index (κ1) is 17.6. The second kappa shape index (κ2) is 7.54. The highest BCUT2D eigenvalue weighted by Crippen LogP contribution is 2.36. The molecule has 0 spiro atoms. The quantitative estimate of drug-likeness (QED) is 0.860. The van der Waals surface area contributed by atoms with Gasteiger partial charge < -0.3 is 5.73 Å². The molecule has 0 bridgehead atoms. The number of benzene rings is 1. The number of hydrogen-bond acceptors (Lipinski definition) is 3. The second-order valence-corrected chi connectivity index (χ2v) is 5.94. The van der Waals surface area contributed by atoms with Crippen molar-refractivity contribution in [2.75, 3.05) is 13.1 Å². The van der Waals surface area contributed by atoms with Crippen LogP contribution >= 0.6 is 24.2 Å². The summed E-state index contributed by atoms with van der Waals surface area (Å²) in [5.74, 6) is 0. The summed E-state index contributed by atoms with van der Waals surface area (Å²) in [7, 11) is 0. The van der Waals surface area contributed by atoms with Gasteiger partial charge in [-0.2, -0.15) is 13.2 Å². The molecule has 2 nitrogen and oxygen atoms in total. The van der Waals surface area contributed by atoms with Gasteiger partial charge in [-0.25, -0.2) is 0 Å². The molecule has 0 radical (unpaired) electrons. The van der Waals surface area contributed by atoms with Crippen LogP contribution in [0.15, 0.2) is 29.2 Å². The average molecular weight is 327 g/mol. The Hall–Kier alpha value is -0.430. The molecule has 1 aromatic carbocycles. The number of nitrogens with zero attached hydrogens (tertiary/aromatic N) is 1. The Morgan fingerprint density at radius 2 is 1.70 bits per heavy atom. The molecule has 1 fully saturated rings. The molecule has 0 aliphatic carbocycles. The topological polar surface area (TPSA) is 29.3 Å². The van der Waals surface area contributed by atoms with Crippen LogP contribution in [0, 0.1) is 0 Å². The van der Waals surface area contributed by atoms with Crippen molar-refractivity contribution < 1.29 is 13.2 Å². The maximum Gasteiger partial charge on any atom is 0.446 e. The number of piperidine rings is 1. The minimum absolute atomic E-state index is 0. The van der Waals surface area contributed by atoms with Crippen molar-refractivity contribution in [1.29, 1.82) is 0 Å². The molecule has 2 N–H and O–H groups in total. The minimum Gasteiger partial charge on any atom is -0.328 e. The van der Waals surface area contributed by atoms with Crippen LogP contribution in [0.1, 0.15) is 18.4 Å². The zero-order chi connectivity index (χ0) is 13.9. The number of halogens is 4. The van der Waals surface area contributed by atoms with Crippen LogP contribution in [-0.4, -0.2) is 29.5 Å². The zero-order valence-corrected chi connectivity index (χ0v) is 12.5. The Morgan fingerprint density at radius 1 is 1.15 bits per heavy atom. The van der Waals surface area contributed by atoms with E-state index in [0.717, 1.165) is 38.0 Å². The van der Waals surface area contributed by atoms with Gasteiger partial charge in [0.25, 0.3) is 0 Å². The van der Waals surface area contributed by atoms with E-state index >= 15 is 0 Å². The maximum absolute atomic E-state index is 12.2. The van der Waals surface area contributed by atoms with E-state index in [9.17, 15) is 13.2 Å². The van der Waals surface area contributed by atoms with E-state index in [0.29, 0.717) is 6.04 Å². The van der Waals surface area contributed by atoms with Crippen LogP contribution in [0.4, 0.5) is 13.2 Å². The molecule has 7 heteroatoms. The summed E-state index contributed by atoms with van der Waals surface area (Å²) >= 11 is -0.0743. The molecule has 20 heavy (non-hydrogen) atoms. The standard InChI is InChI=1S/C13H17F3N2S.ClH/c14-13(15,16)19-12-3-1-10(2-4-12)9-18-7-5-11(17)6-8-18;/h1-4,11H,5-9,17H2;1H. The van der Waals surface area contributed by atoms with Crippen LogP contribution in [0.25, 0.3) is 0 Å². The van der Waals surface area contributed by atoms with Crippen LogP contribution in [0.5, 0.6) is 0 Å². The van der Waals surface area contributed by atoms with Crippen LogP contribution in [-0.2, 0) is 6.54 Å². The predicted molar refractivity (Wildman–Crippen MR) is 78.1 cm³/mol. The first-order valence-electron chi connectivity index (χ1n) is 6.25. The number of rotatable bonds is 3. The van der Waals surface area contributed by atoms with Gasteiger partial charge in [0.15, 0.2) is 0 Å². The largest absolute Gasteiger partial charge is 0.446 e. The molecule has 0 unspecified atom stereocenters. The normalized spacial score (nSPS) is 17.8. The number of thioether (sulfide) groups is 1. The average Bonchev–Trinajstić information content (AvgIpc) is 2.33. The van der Waals surface area contributed by atoms with Gasteiger partial charge >= 0.3 is 5.51 Å². The van der Waals surface area contributed by atoms with Crippen molar-refractivity contribution in [3.8, 4) is 0 Å².